The summed E-state index contributed by atoms with van der Waals surface area (Å²) in [6.07, 6.45) is 0. The highest BCUT2D eigenvalue weighted by atomic mass is 35.5. The third-order valence-electron chi connectivity index (χ3n) is 4.38. The van der Waals surface area contributed by atoms with Crippen molar-refractivity contribution in [3.05, 3.63) is 81.4 Å². The summed E-state index contributed by atoms with van der Waals surface area (Å²) in [4.78, 5) is 35.2. The number of halogens is 2. The molecule has 2 amide bonds. The number of ether oxygens (including phenoxy) is 1. The number of nitrogens with one attached hydrogen (secondary N) is 2. The van der Waals surface area contributed by atoms with Gasteiger partial charge in [-0.15, -0.1) is 11.3 Å². The fourth-order valence-corrected chi connectivity index (χ4v) is 4.74. The molecule has 0 aliphatic carbocycles. The fourth-order valence-electron chi connectivity index (χ4n) is 2.64. The molecule has 1 heterocycles. The lowest BCUT2D eigenvalue weighted by atomic mass is 10.1. The molecule has 0 saturated carbocycles. The first kappa shape index (κ1) is 25.3. The number of carbonyl (C=O) groups is 3. The van der Waals surface area contributed by atoms with Gasteiger partial charge in [0.1, 0.15) is 10.8 Å². The summed E-state index contributed by atoms with van der Waals surface area (Å²) in [5, 5.41) is 3.96. The minimum Gasteiger partial charge on any atom is -0.452 e. The smallest absolute Gasteiger partial charge is 0.338 e. The maximum atomic E-state index is 13.2. The predicted molar refractivity (Wildman–Crippen MR) is 124 cm³/mol. The molecule has 178 valence electrons. The number of esters is 1. The van der Waals surface area contributed by atoms with Crippen LogP contribution in [0.25, 0.3) is 0 Å². The van der Waals surface area contributed by atoms with E-state index in [2.05, 4.69) is 10.0 Å². The molecule has 0 spiro atoms. The minimum atomic E-state index is -3.94. The van der Waals surface area contributed by atoms with E-state index >= 15 is 0 Å². The summed E-state index contributed by atoms with van der Waals surface area (Å²) in [7, 11) is -3.94. The van der Waals surface area contributed by atoms with Crippen LogP contribution in [0.5, 0.6) is 0 Å². The lowest BCUT2D eigenvalue weighted by Gasteiger charge is -2.09. The highest BCUT2D eigenvalue weighted by molar-refractivity contribution is 7.89. The van der Waals surface area contributed by atoms with Crippen LogP contribution >= 0.6 is 22.9 Å². The second kappa shape index (κ2) is 10.7. The Morgan fingerprint density at radius 3 is 2.44 bits per heavy atom. The molecule has 1 aromatic heterocycles. The average Bonchev–Trinajstić information content (AvgIpc) is 3.26. The van der Waals surface area contributed by atoms with Gasteiger partial charge in [-0.2, -0.15) is 0 Å². The summed E-state index contributed by atoms with van der Waals surface area (Å²) < 4.78 is 45.2. The summed E-state index contributed by atoms with van der Waals surface area (Å²) in [6.45, 7) is -0.686. The van der Waals surface area contributed by atoms with Gasteiger partial charge in [0.05, 0.1) is 21.0 Å². The molecule has 3 aromatic rings. The Bertz CT molecular complexity index is 1340. The molecule has 0 aliphatic heterocycles. The number of thiophene rings is 1. The molecule has 0 atom stereocenters. The number of anilines is 1. The molecule has 0 saturated heterocycles. The summed E-state index contributed by atoms with van der Waals surface area (Å²) in [5.41, 5.74) is 6.02. The van der Waals surface area contributed by atoms with Crippen LogP contribution in [0.15, 0.2) is 58.8 Å². The van der Waals surface area contributed by atoms with Crippen molar-refractivity contribution >= 4 is 55.7 Å². The molecule has 0 radical (unpaired) electrons. The van der Waals surface area contributed by atoms with Crippen molar-refractivity contribution in [3.8, 4) is 0 Å². The standard InChI is InChI=1S/C21H17ClFN3O6S2/c22-16-9-14(5-6-17(16)23)34(30,31)25-10-12-1-3-13(4-2-12)21(29)32-11-18(27)26-20-15(19(24)28)7-8-33-20/h1-9,25H,10-11H2,(H2,24,28)(H,26,27). The number of rotatable bonds is 9. The van der Waals surface area contributed by atoms with Gasteiger partial charge in [0, 0.05) is 6.54 Å². The predicted octanol–water partition coefficient (Wildman–Crippen LogP) is 2.91. The van der Waals surface area contributed by atoms with Gasteiger partial charge < -0.3 is 15.8 Å². The second-order valence-corrected chi connectivity index (χ2v) is 9.84. The van der Waals surface area contributed by atoms with Crippen LogP contribution in [-0.4, -0.2) is 32.8 Å². The molecule has 0 fully saturated rings. The van der Waals surface area contributed by atoms with E-state index in [0.29, 0.717) is 5.56 Å². The van der Waals surface area contributed by atoms with E-state index in [1.807, 2.05) is 0 Å². The Morgan fingerprint density at radius 1 is 1.09 bits per heavy atom. The zero-order valence-electron chi connectivity index (χ0n) is 17.2. The SMILES string of the molecule is NC(=O)c1ccsc1NC(=O)COC(=O)c1ccc(CNS(=O)(=O)c2ccc(F)c(Cl)c2)cc1. The van der Waals surface area contributed by atoms with Crippen LogP contribution in [0.2, 0.25) is 5.02 Å². The van der Waals surface area contributed by atoms with Crippen molar-refractivity contribution in [3.63, 3.8) is 0 Å². The van der Waals surface area contributed by atoms with Crippen molar-refractivity contribution in [2.45, 2.75) is 11.4 Å². The highest BCUT2D eigenvalue weighted by Gasteiger charge is 2.17. The molecule has 0 bridgehead atoms. The van der Waals surface area contributed by atoms with Crippen molar-refractivity contribution in [2.24, 2.45) is 5.73 Å². The number of sulfonamides is 1. The molecule has 2 aromatic carbocycles. The van der Waals surface area contributed by atoms with Crippen LogP contribution in [0.4, 0.5) is 9.39 Å². The van der Waals surface area contributed by atoms with E-state index in [1.54, 1.807) is 5.38 Å². The zero-order valence-corrected chi connectivity index (χ0v) is 19.6. The fraction of sp³-hybridized carbons (Fsp3) is 0.0952. The van der Waals surface area contributed by atoms with Crippen LogP contribution < -0.4 is 15.8 Å². The van der Waals surface area contributed by atoms with Crippen LogP contribution in [-0.2, 0) is 26.1 Å². The maximum absolute atomic E-state index is 13.2. The van der Waals surface area contributed by atoms with Crippen LogP contribution in [0.3, 0.4) is 0 Å². The van der Waals surface area contributed by atoms with E-state index in [1.165, 1.54) is 30.3 Å². The number of hydrogen-bond acceptors (Lipinski definition) is 7. The lowest BCUT2D eigenvalue weighted by molar-refractivity contribution is -0.119. The molecular weight excluding hydrogens is 509 g/mol. The quantitative estimate of drug-likeness (QED) is 0.366. The first-order valence-corrected chi connectivity index (χ1v) is 12.2. The molecule has 13 heteroatoms. The monoisotopic (exact) mass is 525 g/mol. The van der Waals surface area contributed by atoms with Crippen molar-refractivity contribution < 1.29 is 31.9 Å². The summed E-state index contributed by atoms with van der Waals surface area (Å²) in [6, 6.07) is 10.3. The summed E-state index contributed by atoms with van der Waals surface area (Å²) >= 11 is 6.73. The third-order valence-corrected chi connectivity index (χ3v) is 6.89. The largest absolute Gasteiger partial charge is 0.452 e. The van der Waals surface area contributed by atoms with Crippen LogP contribution in [0, 0.1) is 5.82 Å². The molecule has 0 aliphatic rings. The Balaban J connectivity index is 1.53. The van der Waals surface area contributed by atoms with E-state index in [-0.39, 0.29) is 32.6 Å². The number of hydrogen-bond donors (Lipinski definition) is 3. The number of nitrogens with two attached hydrogens (primary N) is 1. The average molecular weight is 526 g/mol. The number of carbonyl (C=O) groups excluding carboxylic acids is 3. The van der Waals surface area contributed by atoms with E-state index in [9.17, 15) is 27.2 Å². The molecule has 34 heavy (non-hydrogen) atoms. The third kappa shape index (κ3) is 6.38. The van der Waals surface area contributed by atoms with Gasteiger partial charge in [-0.1, -0.05) is 23.7 Å². The first-order chi connectivity index (χ1) is 16.1. The first-order valence-electron chi connectivity index (χ1n) is 9.45. The zero-order chi connectivity index (χ0) is 24.9. The Kier molecular flexibility index (Phi) is 7.99. The van der Waals surface area contributed by atoms with Gasteiger partial charge in [-0.3, -0.25) is 9.59 Å². The van der Waals surface area contributed by atoms with Crippen molar-refractivity contribution in [2.75, 3.05) is 11.9 Å². The second-order valence-electron chi connectivity index (χ2n) is 6.75. The molecule has 4 N–H and O–H groups in total. The van der Waals surface area contributed by atoms with E-state index in [0.717, 1.165) is 29.5 Å². The Morgan fingerprint density at radius 2 is 1.79 bits per heavy atom. The normalized spacial score (nSPS) is 11.1. The molecule has 0 unspecified atom stereocenters. The van der Waals surface area contributed by atoms with Gasteiger partial charge in [0.15, 0.2) is 6.61 Å². The number of primary amides is 1. The lowest BCUT2D eigenvalue weighted by Crippen LogP contribution is -2.23. The van der Waals surface area contributed by atoms with Gasteiger partial charge in [0.25, 0.3) is 11.8 Å². The van der Waals surface area contributed by atoms with Gasteiger partial charge >= 0.3 is 5.97 Å². The minimum absolute atomic E-state index is 0.0991. The number of amides is 2. The van der Waals surface area contributed by atoms with Crippen molar-refractivity contribution in [1.82, 2.24) is 4.72 Å². The summed E-state index contributed by atoms with van der Waals surface area (Å²) in [5.74, 6) is -2.85. The molecular formula is C21H17ClFN3O6S2. The van der Waals surface area contributed by atoms with Gasteiger partial charge in [-0.25, -0.2) is 22.3 Å². The van der Waals surface area contributed by atoms with Gasteiger partial charge in [-0.05, 0) is 47.3 Å². The van der Waals surface area contributed by atoms with Gasteiger partial charge in [0.2, 0.25) is 10.0 Å². The highest BCUT2D eigenvalue weighted by Crippen LogP contribution is 2.22. The van der Waals surface area contributed by atoms with Crippen molar-refractivity contribution in [1.29, 1.82) is 0 Å². The number of benzene rings is 2. The maximum Gasteiger partial charge on any atom is 0.338 e. The Hall–Kier alpha value is -3.32. The molecule has 3 rings (SSSR count). The van der Waals surface area contributed by atoms with E-state index in [4.69, 9.17) is 22.1 Å². The molecule has 9 nitrogen and oxygen atoms in total. The Labute approximate surface area is 202 Å². The topological polar surface area (TPSA) is 145 Å². The van der Waals surface area contributed by atoms with Crippen LogP contribution in [0.1, 0.15) is 26.3 Å². The van der Waals surface area contributed by atoms with E-state index < -0.39 is 40.2 Å².